The van der Waals surface area contributed by atoms with Crippen molar-refractivity contribution in [2.24, 2.45) is 0 Å². The van der Waals surface area contributed by atoms with Gasteiger partial charge in [0.15, 0.2) is 0 Å². The van der Waals surface area contributed by atoms with Gasteiger partial charge in [-0.1, -0.05) is 36.4 Å². The van der Waals surface area contributed by atoms with Gasteiger partial charge in [0.25, 0.3) is 0 Å². The molecule has 0 spiro atoms. The Morgan fingerprint density at radius 2 is 2.13 bits per heavy atom. The standard InChI is InChI=1S/C20H22N2O/c1-22-11-10-16(13-22)17-12-21-18-8-5-9-19(20(17)18)23-14-15-6-3-2-4-7-15/h2-9,12,16,21H,10-11,13-14H2,1H3/i1D2. The van der Waals surface area contributed by atoms with Crippen LogP contribution in [-0.2, 0) is 6.61 Å². The molecule has 0 bridgehead atoms. The first kappa shape index (κ1) is 12.2. The van der Waals surface area contributed by atoms with E-state index in [-0.39, 0.29) is 0 Å². The third-order valence-electron chi connectivity index (χ3n) is 4.59. The minimum Gasteiger partial charge on any atom is -0.488 e. The van der Waals surface area contributed by atoms with Gasteiger partial charge in [-0.05, 0) is 43.2 Å². The van der Waals surface area contributed by atoms with E-state index in [0.717, 1.165) is 41.7 Å². The van der Waals surface area contributed by atoms with Crippen molar-refractivity contribution >= 4 is 10.9 Å². The van der Waals surface area contributed by atoms with Gasteiger partial charge in [0.05, 0.1) is 0 Å². The van der Waals surface area contributed by atoms with Crippen LogP contribution in [0.15, 0.2) is 54.7 Å². The summed E-state index contributed by atoms with van der Waals surface area (Å²) < 4.78 is 21.4. The van der Waals surface area contributed by atoms with Crippen LogP contribution in [0.3, 0.4) is 0 Å². The van der Waals surface area contributed by atoms with Gasteiger partial charge < -0.3 is 14.6 Å². The molecule has 0 saturated carbocycles. The van der Waals surface area contributed by atoms with Crippen molar-refractivity contribution < 1.29 is 7.48 Å². The van der Waals surface area contributed by atoms with Gasteiger partial charge in [0, 0.05) is 32.3 Å². The molecule has 1 atom stereocenters. The topological polar surface area (TPSA) is 28.3 Å². The predicted molar refractivity (Wildman–Crippen MR) is 93.9 cm³/mol. The molecule has 1 aliphatic heterocycles. The number of nitrogens with one attached hydrogen (secondary N) is 1. The number of H-pyrrole nitrogens is 1. The highest BCUT2D eigenvalue weighted by Crippen LogP contribution is 2.37. The molecule has 1 unspecified atom stereocenters. The molecule has 1 N–H and O–H groups in total. The van der Waals surface area contributed by atoms with Crippen LogP contribution in [0.25, 0.3) is 10.9 Å². The molecule has 0 aliphatic carbocycles. The molecule has 0 radical (unpaired) electrons. The minimum atomic E-state index is -0.885. The lowest BCUT2D eigenvalue weighted by Gasteiger charge is -2.13. The zero-order valence-electron chi connectivity index (χ0n) is 15.0. The molecule has 3 aromatic rings. The summed E-state index contributed by atoms with van der Waals surface area (Å²) in [6.45, 7) is 1.23. The Morgan fingerprint density at radius 3 is 2.96 bits per heavy atom. The van der Waals surface area contributed by atoms with Crippen molar-refractivity contribution in [3.63, 3.8) is 0 Å². The van der Waals surface area contributed by atoms with Gasteiger partial charge in [-0.15, -0.1) is 0 Å². The van der Waals surface area contributed by atoms with E-state index in [1.54, 1.807) is 0 Å². The maximum absolute atomic E-state index is 7.62. The first-order valence-corrected chi connectivity index (χ1v) is 8.07. The molecule has 1 saturated heterocycles. The van der Waals surface area contributed by atoms with Crippen molar-refractivity contribution in [2.75, 3.05) is 20.1 Å². The van der Waals surface area contributed by atoms with Gasteiger partial charge in [-0.3, -0.25) is 0 Å². The van der Waals surface area contributed by atoms with E-state index in [1.807, 2.05) is 35.2 Å². The Balaban J connectivity index is 1.61. The number of rotatable bonds is 4. The molecule has 23 heavy (non-hydrogen) atoms. The third kappa shape index (κ3) is 2.84. The largest absolute Gasteiger partial charge is 0.488 e. The number of aromatic amines is 1. The number of ether oxygens (including phenoxy) is 1. The van der Waals surface area contributed by atoms with Crippen LogP contribution in [0.5, 0.6) is 5.75 Å². The second-order valence-corrected chi connectivity index (χ2v) is 6.18. The summed E-state index contributed by atoms with van der Waals surface area (Å²) in [6, 6.07) is 16.3. The van der Waals surface area contributed by atoms with Crippen LogP contribution in [0.1, 0.15) is 26.2 Å². The number of likely N-dealkylation sites (tertiary alicyclic amines) is 1. The molecule has 1 aliphatic rings. The van der Waals surface area contributed by atoms with Gasteiger partial charge in [-0.2, -0.15) is 0 Å². The summed E-state index contributed by atoms with van der Waals surface area (Å²) in [7, 11) is 0. The number of benzene rings is 2. The first-order chi connectivity index (χ1) is 12.2. The lowest BCUT2D eigenvalue weighted by Crippen LogP contribution is -2.13. The van der Waals surface area contributed by atoms with E-state index in [2.05, 4.69) is 29.4 Å². The number of likely N-dealkylation sites (N-methyl/N-ethyl adjacent to an activating group) is 1. The van der Waals surface area contributed by atoms with E-state index in [4.69, 9.17) is 7.48 Å². The maximum atomic E-state index is 7.62. The predicted octanol–water partition coefficient (Wildman–Crippen LogP) is 4.17. The van der Waals surface area contributed by atoms with Crippen LogP contribution < -0.4 is 4.74 Å². The van der Waals surface area contributed by atoms with Crippen LogP contribution >= 0.6 is 0 Å². The van der Waals surface area contributed by atoms with E-state index in [9.17, 15) is 0 Å². The number of aromatic nitrogens is 1. The second-order valence-electron chi connectivity index (χ2n) is 6.18. The monoisotopic (exact) mass is 308 g/mol. The summed E-state index contributed by atoms with van der Waals surface area (Å²) in [5.74, 6) is 1.23. The van der Waals surface area contributed by atoms with Crippen molar-refractivity contribution in [1.82, 2.24) is 9.88 Å². The smallest absolute Gasteiger partial charge is 0.129 e. The van der Waals surface area contributed by atoms with E-state index < -0.39 is 7.00 Å². The fraction of sp³-hybridized carbons (Fsp3) is 0.300. The molecular weight excluding hydrogens is 284 g/mol. The lowest BCUT2D eigenvalue weighted by molar-refractivity contribution is 0.310. The normalized spacial score (nSPS) is 20.0. The van der Waals surface area contributed by atoms with Crippen molar-refractivity contribution in [3.05, 3.63) is 65.9 Å². The summed E-state index contributed by atoms with van der Waals surface area (Å²) >= 11 is 0. The van der Waals surface area contributed by atoms with Crippen LogP contribution in [0.4, 0.5) is 0 Å². The molecular formula is C20H22N2O. The second kappa shape index (κ2) is 6.09. The molecule has 1 fully saturated rings. The zero-order valence-corrected chi connectivity index (χ0v) is 13.0. The highest BCUT2D eigenvalue weighted by atomic mass is 16.5. The Labute approximate surface area is 139 Å². The molecule has 2 heterocycles. The molecule has 4 rings (SSSR count). The van der Waals surface area contributed by atoms with Gasteiger partial charge >= 0.3 is 0 Å². The number of hydrogen-bond acceptors (Lipinski definition) is 2. The quantitative estimate of drug-likeness (QED) is 0.783. The SMILES string of the molecule is [2H]C([2H])N1CCC(c2c[nH]c3cccc(OCc4ccccc4)c23)C1. The molecule has 2 aromatic carbocycles. The zero-order chi connectivity index (χ0) is 17.2. The lowest BCUT2D eigenvalue weighted by atomic mass is 9.97. The molecule has 0 amide bonds. The van der Waals surface area contributed by atoms with Crippen molar-refractivity contribution in [3.8, 4) is 5.75 Å². The Hall–Kier alpha value is -2.26. The van der Waals surface area contributed by atoms with Gasteiger partial charge in [0.2, 0.25) is 0 Å². The Bertz CT molecular complexity index is 847. The number of hydrogen-bond donors (Lipinski definition) is 1. The molecule has 3 nitrogen and oxygen atoms in total. The van der Waals surface area contributed by atoms with E-state index >= 15 is 0 Å². The average Bonchev–Trinajstić information content (AvgIpc) is 3.27. The van der Waals surface area contributed by atoms with Crippen molar-refractivity contribution in [2.45, 2.75) is 18.9 Å². The first-order valence-electron chi connectivity index (χ1n) is 9.23. The Morgan fingerprint density at radius 1 is 1.22 bits per heavy atom. The number of nitrogens with zero attached hydrogens (tertiary/aromatic N) is 1. The highest BCUT2D eigenvalue weighted by molar-refractivity contribution is 5.89. The van der Waals surface area contributed by atoms with Crippen LogP contribution in [0, 0.1) is 0 Å². The highest BCUT2D eigenvalue weighted by Gasteiger charge is 2.24. The molecule has 1 aromatic heterocycles. The summed E-state index contributed by atoms with van der Waals surface area (Å²) in [5.41, 5.74) is 3.46. The fourth-order valence-electron chi connectivity index (χ4n) is 3.40. The summed E-state index contributed by atoms with van der Waals surface area (Å²) in [4.78, 5) is 5.26. The van der Waals surface area contributed by atoms with E-state index in [1.165, 1.54) is 5.56 Å². The van der Waals surface area contributed by atoms with E-state index in [0.29, 0.717) is 12.5 Å². The van der Waals surface area contributed by atoms with Gasteiger partial charge in [0.1, 0.15) is 12.4 Å². The van der Waals surface area contributed by atoms with Crippen LogP contribution in [-0.4, -0.2) is 30.0 Å². The number of fused-ring (bicyclic) bond motifs is 1. The summed E-state index contributed by atoms with van der Waals surface area (Å²) in [6.07, 6.45) is 3.05. The Kier molecular flexibility index (Phi) is 3.23. The molecule has 3 heteroatoms. The minimum absolute atomic E-state index is 0.341. The third-order valence-corrected chi connectivity index (χ3v) is 4.59. The molecule has 118 valence electrons. The fourth-order valence-corrected chi connectivity index (χ4v) is 3.40. The average molecular weight is 308 g/mol. The summed E-state index contributed by atoms with van der Waals surface area (Å²) in [5, 5.41) is 1.14. The maximum Gasteiger partial charge on any atom is 0.129 e. The van der Waals surface area contributed by atoms with Crippen molar-refractivity contribution in [1.29, 1.82) is 0 Å². The van der Waals surface area contributed by atoms with Crippen LogP contribution in [0.2, 0.25) is 0 Å². The van der Waals surface area contributed by atoms with Gasteiger partial charge in [-0.25, -0.2) is 0 Å².